The number of nitrogens with zero attached hydrogens (tertiary/aromatic N) is 1. The van der Waals surface area contributed by atoms with Crippen molar-refractivity contribution in [2.24, 2.45) is 0 Å². The van der Waals surface area contributed by atoms with E-state index in [1.807, 2.05) is 0 Å². The molecule has 1 unspecified atom stereocenters. The van der Waals surface area contributed by atoms with Crippen LogP contribution in [0.2, 0.25) is 18.1 Å². The van der Waals surface area contributed by atoms with Gasteiger partial charge in [0.2, 0.25) is 0 Å². The van der Waals surface area contributed by atoms with Crippen LogP contribution in [0.1, 0.15) is 44.2 Å². The van der Waals surface area contributed by atoms with E-state index in [2.05, 4.69) is 101 Å². The molecule has 0 fully saturated rings. The lowest BCUT2D eigenvalue weighted by molar-refractivity contribution is 0.275. The number of rotatable bonds is 8. The molecule has 0 saturated heterocycles. The molecule has 2 rings (SSSR count). The molecular formula is C24H37NO2Si. The van der Waals surface area contributed by atoms with Crippen molar-refractivity contribution in [2.75, 3.05) is 32.7 Å². The Labute approximate surface area is 172 Å². The maximum Gasteiger partial charge on any atom is 0.191 e. The van der Waals surface area contributed by atoms with Crippen LogP contribution in [-0.4, -0.2) is 36.1 Å². The summed E-state index contributed by atoms with van der Waals surface area (Å²) < 4.78 is 12.3. The van der Waals surface area contributed by atoms with Crippen molar-refractivity contribution in [1.82, 2.24) is 0 Å². The van der Waals surface area contributed by atoms with Crippen molar-refractivity contribution in [1.29, 1.82) is 0 Å². The van der Waals surface area contributed by atoms with Crippen LogP contribution in [0.15, 0.2) is 48.5 Å². The van der Waals surface area contributed by atoms with Crippen molar-refractivity contribution in [3.63, 3.8) is 0 Å². The first kappa shape index (κ1) is 22.5. The van der Waals surface area contributed by atoms with Crippen LogP contribution in [0.5, 0.6) is 5.75 Å². The summed E-state index contributed by atoms with van der Waals surface area (Å²) in [5.41, 5.74) is 3.67. The Hall–Kier alpha value is -1.78. The molecule has 0 aliphatic heterocycles. The van der Waals surface area contributed by atoms with Crippen molar-refractivity contribution in [2.45, 2.75) is 51.2 Å². The van der Waals surface area contributed by atoms with Crippen LogP contribution < -0.4 is 9.64 Å². The van der Waals surface area contributed by atoms with E-state index in [4.69, 9.17) is 9.16 Å². The molecule has 28 heavy (non-hydrogen) atoms. The molecule has 2 aromatic rings. The van der Waals surface area contributed by atoms with Gasteiger partial charge in [-0.1, -0.05) is 57.2 Å². The summed E-state index contributed by atoms with van der Waals surface area (Å²) in [6, 6.07) is 17.2. The Kier molecular flexibility index (Phi) is 7.35. The Morgan fingerprint density at radius 2 is 1.64 bits per heavy atom. The van der Waals surface area contributed by atoms with Gasteiger partial charge >= 0.3 is 0 Å². The van der Waals surface area contributed by atoms with Gasteiger partial charge in [0, 0.05) is 43.9 Å². The van der Waals surface area contributed by atoms with Crippen LogP contribution in [0, 0.1) is 0 Å². The smallest absolute Gasteiger partial charge is 0.191 e. The largest absolute Gasteiger partial charge is 0.496 e. The second-order valence-corrected chi connectivity index (χ2v) is 14.0. The lowest BCUT2D eigenvalue weighted by atomic mass is 9.88. The highest BCUT2D eigenvalue weighted by atomic mass is 28.4. The van der Waals surface area contributed by atoms with Crippen LogP contribution in [-0.2, 0) is 4.43 Å². The maximum absolute atomic E-state index is 6.49. The Morgan fingerprint density at radius 3 is 2.18 bits per heavy atom. The monoisotopic (exact) mass is 399 g/mol. The fraction of sp³-hybridized carbons (Fsp3) is 0.500. The average Bonchev–Trinajstić information content (AvgIpc) is 2.64. The van der Waals surface area contributed by atoms with Crippen LogP contribution >= 0.6 is 0 Å². The van der Waals surface area contributed by atoms with E-state index in [1.165, 1.54) is 11.1 Å². The second kappa shape index (κ2) is 9.14. The van der Waals surface area contributed by atoms with E-state index in [0.717, 1.165) is 24.5 Å². The zero-order chi connectivity index (χ0) is 20.9. The summed E-state index contributed by atoms with van der Waals surface area (Å²) in [4.78, 5) is 2.10. The highest BCUT2D eigenvalue weighted by Gasteiger charge is 2.37. The van der Waals surface area contributed by atoms with Crippen molar-refractivity contribution in [3.8, 4) is 5.75 Å². The fourth-order valence-electron chi connectivity index (χ4n) is 3.10. The molecule has 0 bridgehead atoms. The molecule has 0 aliphatic carbocycles. The van der Waals surface area contributed by atoms with Crippen molar-refractivity contribution in [3.05, 3.63) is 59.7 Å². The molecular weight excluding hydrogens is 362 g/mol. The zero-order valence-corrected chi connectivity index (χ0v) is 19.9. The standard InChI is InChI=1S/C24H37NO2Si/c1-24(2,3)28(7,8)27-17-16-21(19-12-10-9-11-13-19)22-15-14-20(25(4)5)18-23(22)26-6/h9-15,18,21H,16-17H2,1-8H3. The first-order valence-corrected chi connectivity index (χ1v) is 13.0. The van der Waals surface area contributed by atoms with Gasteiger partial charge in [-0.05, 0) is 36.2 Å². The molecule has 2 aromatic carbocycles. The first-order chi connectivity index (χ1) is 13.1. The SMILES string of the molecule is COc1cc(N(C)C)ccc1C(CCO[Si](C)(C)C(C)(C)C)c1ccccc1. The summed E-state index contributed by atoms with van der Waals surface area (Å²) in [5, 5.41) is 0.223. The minimum Gasteiger partial charge on any atom is -0.496 e. The lowest BCUT2D eigenvalue weighted by Crippen LogP contribution is -2.41. The van der Waals surface area contributed by atoms with Gasteiger partial charge < -0.3 is 14.1 Å². The van der Waals surface area contributed by atoms with Gasteiger partial charge in [0.1, 0.15) is 5.75 Å². The fourth-order valence-corrected chi connectivity index (χ4v) is 4.16. The highest BCUT2D eigenvalue weighted by molar-refractivity contribution is 6.74. The van der Waals surface area contributed by atoms with Gasteiger partial charge in [0.15, 0.2) is 8.32 Å². The number of anilines is 1. The lowest BCUT2D eigenvalue weighted by Gasteiger charge is -2.36. The summed E-state index contributed by atoms with van der Waals surface area (Å²) in [5.74, 6) is 1.18. The summed E-state index contributed by atoms with van der Waals surface area (Å²) in [7, 11) is 4.10. The molecule has 0 saturated carbocycles. The number of ether oxygens (including phenoxy) is 1. The predicted molar refractivity (Wildman–Crippen MR) is 123 cm³/mol. The van der Waals surface area contributed by atoms with E-state index in [-0.39, 0.29) is 11.0 Å². The molecule has 0 spiro atoms. The molecule has 3 nitrogen and oxygen atoms in total. The maximum atomic E-state index is 6.49. The second-order valence-electron chi connectivity index (χ2n) is 9.18. The number of hydrogen-bond acceptors (Lipinski definition) is 3. The Balaban J connectivity index is 2.32. The van der Waals surface area contributed by atoms with Crippen LogP contribution in [0.25, 0.3) is 0 Å². The molecule has 1 atom stereocenters. The Morgan fingerprint density at radius 1 is 1.00 bits per heavy atom. The Bertz CT molecular complexity index is 751. The highest BCUT2D eigenvalue weighted by Crippen LogP contribution is 2.39. The van der Waals surface area contributed by atoms with Crippen molar-refractivity contribution >= 4 is 14.0 Å². The topological polar surface area (TPSA) is 21.7 Å². The van der Waals surface area contributed by atoms with Crippen LogP contribution in [0.4, 0.5) is 5.69 Å². The summed E-state index contributed by atoms with van der Waals surface area (Å²) >= 11 is 0. The van der Waals surface area contributed by atoms with E-state index in [1.54, 1.807) is 7.11 Å². The molecule has 0 radical (unpaired) electrons. The van der Waals surface area contributed by atoms with Crippen molar-refractivity contribution < 1.29 is 9.16 Å². The van der Waals surface area contributed by atoms with Gasteiger partial charge in [-0.15, -0.1) is 0 Å². The summed E-state index contributed by atoms with van der Waals surface area (Å²) in [6.45, 7) is 12.3. The molecule has 0 N–H and O–H groups in total. The van der Waals surface area contributed by atoms with Gasteiger partial charge in [-0.25, -0.2) is 0 Å². The third-order valence-electron chi connectivity index (χ3n) is 5.99. The third-order valence-corrected chi connectivity index (χ3v) is 10.5. The quantitative estimate of drug-likeness (QED) is 0.486. The van der Waals surface area contributed by atoms with E-state index >= 15 is 0 Å². The average molecular weight is 400 g/mol. The van der Waals surface area contributed by atoms with Gasteiger partial charge in [0.05, 0.1) is 7.11 Å². The number of hydrogen-bond donors (Lipinski definition) is 0. The van der Waals surface area contributed by atoms with E-state index in [0.29, 0.717) is 0 Å². The number of methoxy groups -OCH3 is 1. The summed E-state index contributed by atoms with van der Waals surface area (Å²) in [6.07, 6.45) is 0.939. The molecule has 154 valence electrons. The third kappa shape index (κ3) is 5.39. The van der Waals surface area contributed by atoms with E-state index < -0.39 is 8.32 Å². The van der Waals surface area contributed by atoms with E-state index in [9.17, 15) is 0 Å². The van der Waals surface area contributed by atoms with Gasteiger partial charge in [-0.2, -0.15) is 0 Å². The normalized spacial score (nSPS) is 13.3. The predicted octanol–water partition coefficient (Wildman–Crippen LogP) is 6.31. The van der Waals surface area contributed by atoms with Crippen LogP contribution in [0.3, 0.4) is 0 Å². The molecule has 0 amide bonds. The van der Waals surface area contributed by atoms with Gasteiger partial charge in [0.25, 0.3) is 0 Å². The zero-order valence-electron chi connectivity index (χ0n) is 18.9. The minimum absolute atomic E-state index is 0.223. The molecule has 0 aliphatic rings. The first-order valence-electron chi connectivity index (χ1n) is 10.1. The number of benzene rings is 2. The molecule has 0 aromatic heterocycles. The minimum atomic E-state index is -1.76. The van der Waals surface area contributed by atoms with Gasteiger partial charge in [-0.3, -0.25) is 0 Å². The molecule has 4 heteroatoms. The molecule has 0 heterocycles.